The van der Waals surface area contributed by atoms with Gasteiger partial charge in [0.2, 0.25) is 0 Å². The van der Waals surface area contributed by atoms with Gasteiger partial charge in [0.25, 0.3) is 18.2 Å². The van der Waals surface area contributed by atoms with Crippen LogP contribution in [0.15, 0.2) is 12.1 Å². The second-order valence-electron chi connectivity index (χ2n) is 7.17. The monoisotopic (exact) mass is 450 g/mol. The summed E-state index contributed by atoms with van der Waals surface area (Å²) in [5.41, 5.74) is 6.05. The molecule has 10 nitrogen and oxygen atoms in total. The first-order chi connectivity index (χ1) is 14.7. The number of nitro groups is 1. The second-order valence-corrected chi connectivity index (χ2v) is 8.17. The lowest BCUT2D eigenvalue weighted by Crippen LogP contribution is -2.22. The molecule has 1 aliphatic rings. The van der Waals surface area contributed by atoms with Crippen molar-refractivity contribution < 1.29 is 23.3 Å². The number of thiophene rings is 1. The average Bonchev–Trinajstić information content (AvgIpc) is 3.37. The molecule has 162 valence electrons. The van der Waals surface area contributed by atoms with Crippen LogP contribution in [0.25, 0.3) is 10.2 Å². The van der Waals surface area contributed by atoms with E-state index in [1.165, 1.54) is 12.1 Å². The summed E-state index contributed by atoms with van der Waals surface area (Å²) in [5, 5.41) is 18.1. The highest BCUT2D eigenvalue weighted by atomic mass is 32.1. The highest BCUT2D eigenvalue weighted by molar-refractivity contribution is 7.21. The summed E-state index contributed by atoms with van der Waals surface area (Å²) in [4.78, 5) is 39.2. The average molecular weight is 450 g/mol. The van der Waals surface area contributed by atoms with Gasteiger partial charge in [0.1, 0.15) is 15.4 Å². The lowest BCUT2D eigenvalue weighted by atomic mass is 10.0. The fourth-order valence-electron chi connectivity index (χ4n) is 3.38. The minimum absolute atomic E-state index is 0.0174. The Labute approximate surface area is 177 Å². The van der Waals surface area contributed by atoms with Gasteiger partial charge in [-0.3, -0.25) is 9.59 Å². The Balaban J connectivity index is 1.76. The topological polar surface area (TPSA) is 146 Å². The number of aryl methyl sites for hydroxylation is 1. The molecular weight excluding hydrogens is 434 g/mol. The lowest BCUT2D eigenvalue weighted by Gasteiger charge is -2.09. The van der Waals surface area contributed by atoms with E-state index >= 15 is 0 Å². The summed E-state index contributed by atoms with van der Waals surface area (Å²) >= 11 is 0.819. The van der Waals surface area contributed by atoms with Crippen molar-refractivity contribution in [2.45, 2.75) is 38.7 Å². The Morgan fingerprint density at radius 1 is 1.42 bits per heavy atom. The van der Waals surface area contributed by atoms with E-state index < -0.39 is 35.4 Å². The van der Waals surface area contributed by atoms with Crippen molar-refractivity contribution in [3.63, 3.8) is 0 Å². The molecule has 0 bridgehead atoms. The summed E-state index contributed by atoms with van der Waals surface area (Å²) < 4.78 is 27.5. The molecule has 13 heteroatoms. The van der Waals surface area contributed by atoms with E-state index in [1.807, 2.05) is 0 Å². The number of alkyl halides is 2. The van der Waals surface area contributed by atoms with Crippen LogP contribution in [-0.4, -0.2) is 31.5 Å². The number of amides is 2. The van der Waals surface area contributed by atoms with Gasteiger partial charge in [-0.2, -0.15) is 0 Å². The van der Waals surface area contributed by atoms with E-state index in [9.17, 15) is 28.5 Å². The predicted molar refractivity (Wildman–Crippen MR) is 107 cm³/mol. The summed E-state index contributed by atoms with van der Waals surface area (Å²) in [6, 6.07) is 2.52. The zero-order chi connectivity index (χ0) is 22.4. The number of hydrogen-bond acceptors (Lipinski definition) is 7. The molecule has 0 radical (unpaired) electrons. The molecule has 0 unspecified atom stereocenters. The van der Waals surface area contributed by atoms with Crippen LogP contribution in [0.5, 0.6) is 0 Å². The number of halogens is 2. The van der Waals surface area contributed by atoms with Gasteiger partial charge < -0.3 is 21.2 Å². The third-order valence-corrected chi connectivity index (χ3v) is 5.90. The zero-order valence-corrected chi connectivity index (χ0v) is 16.9. The molecule has 1 aliphatic carbocycles. The Hall–Kier alpha value is -3.48. The number of nitrogens with two attached hydrogens (primary N) is 1. The number of carbonyl (C=O) groups excluding carboxylic acids is 2. The fourth-order valence-corrected chi connectivity index (χ4v) is 4.40. The number of carbonyl (C=O) groups is 2. The molecule has 3 aromatic heterocycles. The third kappa shape index (κ3) is 3.95. The van der Waals surface area contributed by atoms with E-state index in [0.29, 0.717) is 16.6 Å². The van der Waals surface area contributed by atoms with Crippen LogP contribution < -0.4 is 11.1 Å². The molecule has 4 rings (SSSR count). The normalized spacial score (nSPS) is 13.7. The highest BCUT2D eigenvalue weighted by Crippen LogP contribution is 2.48. The number of fused-ring (bicyclic) bond motifs is 1. The number of nitrogens with one attached hydrogen (secondary N) is 1. The van der Waals surface area contributed by atoms with Gasteiger partial charge in [0.15, 0.2) is 6.54 Å². The first-order valence-electron chi connectivity index (χ1n) is 9.19. The van der Waals surface area contributed by atoms with Gasteiger partial charge in [-0.1, -0.05) is 5.10 Å². The quantitative estimate of drug-likeness (QED) is 0.417. The Morgan fingerprint density at radius 3 is 2.71 bits per heavy atom. The molecule has 3 heterocycles. The Morgan fingerprint density at radius 2 is 2.13 bits per heavy atom. The number of hydrogen-bond donors (Lipinski definition) is 2. The first-order valence-corrected chi connectivity index (χ1v) is 10.0. The maximum atomic E-state index is 13.3. The van der Waals surface area contributed by atoms with Gasteiger partial charge in [-0.15, -0.1) is 16.0 Å². The van der Waals surface area contributed by atoms with Crippen molar-refractivity contribution in [3.8, 4) is 0 Å². The van der Waals surface area contributed by atoms with E-state index in [0.717, 1.165) is 28.9 Å². The largest absolute Gasteiger partial charge is 0.365 e. The predicted octanol–water partition coefficient (Wildman–Crippen LogP) is 3.26. The molecule has 31 heavy (non-hydrogen) atoms. The van der Waals surface area contributed by atoms with E-state index in [-0.39, 0.29) is 27.1 Å². The summed E-state index contributed by atoms with van der Waals surface area (Å²) in [6.07, 6.45) is -1.21. The number of nitrogens with zero attached hydrogens (tertiary/aromatic N) is 4. The van der Waals surface area contributed by atoms with Crippen LogP contribution in [0.4, 0.5) is 20.3 Å². The number of pyridine rings is 1. The SMILES string of the molecule is Cc1cc([N+](=O)[O-])n(CC(=O)Nc2c(C(N)=O)sc3nc(C(F)F)cc(C4CC4)c23)n1. The molecule has 2 amide bonds. The highest BCUT2D eigenvalue weighted by Gasteiger charge is 2.32. The molecular formula is C18H16F2N6O4S. The summed E-state index contributed by atoms with van der Waals surface area (Å²) in [6.45, 7) is 1.06. The van der Waals surface area contributed by atoms with Gasteiger partial charge >= 0.3 is 5.82 Å². The molecule has 0 aliphatic heterocycles. The van der Waals surface area contributed by atoms with Gasteiger partial charge in [0, 0.05) is 5.39 Å². The molecule has 3 N–H and O–H groups in total. The smallest absolute Gasteiger partial charge is 0.345 e. The summed E-state index contributed by atoms with van der Waals surface area (Å²) in [5.74, 6) is -1.88. The van der Waals surface area contributed by atoms with Gasteiger partial charge in [-0.05, 0) is 42.2 Å². The molecule has 1 fully saturated rings. The zero-order valence-electron chi connectivity index (χ0n) is 16.1. The first kappa shape index (κ1) is 20.8. The van der Waals surface area contributed by atoms with Crippen molar-refractivity contribution in [1.29, 1.82) is 0 Å². The number of primary amides is 1. The van der Waals surface area contributed by atoms with Crippen LogP contribution in [0, 0.1) is 17.0 Å². The maximum Gasteiger partial charge on any atom is 0.345 e. The van der Waals surface area contributed by atoms with Crippen LogP contribution in [0.3, 0.4) is 0 Å². The minimum atomic E-state index is -2.79. The summed E-state index contributed by atoms with van der Waals surface area (Å²) in [7, 11) is 0. The lowest BCUT2D eigenvalue weighted by molar-refractivity contribution is -0.392. The fraction of sp³-hybridized carbons (Fsp3) is 0.333. The van der Waals surface area contributed by atoms with Gasteiger partial charge in [-0.25, -0.2) is 13.8 Å². The number of anilines is 1. The van der Waals surface area contributed by atoms with Crippen LogP contribution in [0.2, 0.25) is 0 Å². The van der Waals surface area contributed by atoms with Gasteiger partial charge in [0.05, 0.1) is 17.4 Å². The van der Waals surface area contributed by atoms with Crippen molar-refractivity contribution in [1.82, 2.24) is 14.8 Å². The molecule has 0 spiro atoms. The van der Waals surface area contributed by atoms with E-state index in [4.69, 9.17) is 5.73 Å². The van der Waals surface area contributed by atoms with Crippen molar-refractivity contribution in [2.24, 2.45) is 5.73 Å². The van der Waals surface area contributed by atoms with Crippen molar-refractivity contribution in [3.05, 3.63) is 44.1 Å². The second kappa shape index (κ2) is 7.65. The van der Waals surface area contributed by atoms with Crippen molar-refractivity contribution >= 4 is 44.9 Å². The van der Waals surface area contributed by atoms with Crippen LogP contribution in [-0.2, 0) is 11.3 Å². The standard InChI is InChI=1S/C18H16F2N6O4S/c1-7-4-12(26(29)30)25(24-7)6-11(27)23-14-13-9(8-2-3-8)5-10(16(19)20)22-18(13)31-15(14)17(21)28/h4-5,8,16H,2-3,6H2,1H3,(H2,21,28)(H,23,27). The van der Waals surface area contributed by atoms with Crippen LogP contribution in [0.1, 0.15) is 51.8 Å². The maximum absolute atomic E-state index is 13.3. The molecule has 0 atom stereocenters. The molecule has 0 saturated heterocycles. The molecule has 1 saturated carbocycles. The van der Waals surface area contributed by atoms with Crippen molar-refractivity contribution in [2.75, 3.05) is 5.32 Å². The third-order valence-electron chi connectivity index (χ3n) is 4.80. The van der Waals surface area contributed by atoms with E-state index in [1.54, 1.807) is 6.92 Å². The number of aromatic nitrogens is 3. The Bertz CT molecular complexity index is 1230. The Kier molecular flexibility index (Phi) is 5.13. The van der Waals surface area contributed by atoms with Crippen LogP contribution >= 0.6 is 11.3 Å². The van der Waals surface area contributed by atoms with E-state index in [2.05, 4.69) is 15.4 Å². The minimum Gasteiger partial charge on any atom is -0.365 e. The molecule has 0 aromatic carbocycles. The molecule has 3 aromatic rings. The number of rotatable bonds is 7.